The van der Waals surface area contributed by atoms with E-state index in [0.717, 1.165) is 18.7 Å². The van der Waals surface area contributed by atoms with Gasteiger partial charge in [-0.3, -0.25) is 4.79 Å². The predicted molar refractivity (Wildman–Crippen MR) is 97.2 cm³/mol. The number of carboxylic acid groups (broad SMARTS) is 1. The van der Waals surface area contributed by atoms with Gasteiger partial charge < -0.3 is 15.3 Å². The van der Waals surface area contributed by atoms with Crippen LogP contribution < -0.4 is 5.32 Å². The number of carboxylic acids is 1. The average molecular weight is 338 g/mol. The molecule has 1 aliphatic rings. The smallest absolute Gasteiger partial charge is 0.335 e. The Morgan fingerprint density at radius 3 is 2.48 bits per heavy atom. The zero-order valence-corrected chi connectivity index (χ0v) is 14.1. The zero-order valence-electron chi connectivity index (χ0n) is 14.1. The van der Waals surface area contributed by atoms with E-state index in [-0.39, 0.29) is 11.5 Å². The molecule has 2 aromatic carbocycles. The maximum atomic E-state index is 12.4. The van der Waals surface area contributed by atoms with Gasteiger partial charge in [-0.1, -0.05) is 18.2 Å². The topological polar surface area (TPSA) is 69.6 Å². The summed E-state index contributed by atoms with van der Waals surface area (Å²) in [5.41, 5.74) is 2.35. The van der Waals surface area contributed by atoms with Gasteiger partial charge in [-0.05, 0) is 68.2 Å². The van der Waals surface area contributed by atoms with Crippen LogP contribution >= 0.6 is 0 Å². The summed E-state index contributed by atoms with van der Waals surface area (Å²) in [6.45, 7) is 3.39. The van der Waals surface area contributed by atoms with E-state index in [1.165, 1.54) is 43.6 Å². The fourth-order valence-corrected chi connectivity index (χ4v) is 3.09. The highest BCUT2D eigenvalue weighted by Crippen LogP contribution is 2.15. The van der Waals surface area contributed by atoms with E-state index in [2.05, 4.69) is 16.3 Å². The maximum absolute atomic E-state index is 12.4. The molecule has 2 aromatic rings. The van der Waals surface area contributed by atoms with Gasteiger partial charge in [-0.15, -0.1) is 0 Å². The van der Waals surface area contributed by atoms with Gasteiger partial charge in [0.25, 0.3) is 5.91 Å². The predicted octanol–water partition coefficient (Wildman–Crippen LogP) is 3.28. The molecule has 1 aliphatic heterocycles. The number of aromatic carboxylic acids is 1. The van der Waals surface area contributed by atoms with Gasteiger partial charge in [0.1, 0.15) is 0 Å². The van der Waals surface area contributed by atoms with Gasteiger partial charge in [-0.2, -0.15) is 0 Å². The number of nitrogens with one attached hydrogen (secondary N) is 1. The van der Waals surface area contributed by atoms with Crippen molar-refractivity contribution in [3.8, 4) is 0 Å². The molecule has 0 bridgehead atoms. The highest BCUT2D eigenvalue weighted by molar-refractivity contribution is 6.05. The second-order valence-corrected chi connectivity index (χ2v) is 6.34. The first kappa shape index (κ1) is 17.2. The van der Waals surface area contributed by atoms with Crippen LogP contribution in [0.1, 0.15) is 39.1 Å². The molecule has 1 fully saturated rings. The fraction of sp³-hybridized carbons (Fsp3) is 0.300. The lowest BCUT2D eigenvalue weighted by Crippen LogP contribution is -2.22. The number of carbonyl (C=O) groups excluding carboxylic acids is 1. The first-order chi connectivity index (χ1) is 12.1. The molecule has 0 spiro atoms. The molecule has 1 amide bonds. The van der Waals surface area contributed by atoms with E-state index in [4.69, 9.17) is 5.11 Å². The molecule has 130 valence electrons. The van der Waals surface area contributed by atoms with Gasteiger partial charge in [0, 0.05) is 17.8 Å². The molecule has 0 radical (unpaired) electrons. The number of hydrogen-bond donors (Lipinski definition) is 2. The standard InChI is InChI=1S/C20H22N2O3/c23-19(16-6-4-7-17(14-16)20(24)25)21-18-8-3-5-15(13-18)9-12-22-10-1-2-11-22/h3-8,13-14H,1-2,9-12H2,(H,21,23)(H,24,25). The number of nitrogens with zero attached hydrogens (tertiary/aromatic N) is 1. The second kappa shape index (κ2) is 7.94. The number of anilines is 1. The Morgan fingerprint density at radius 1 is 1.00 bits per heavy atom. The Morgan fingerprint density at radius 2 is 1.72 bits per heavy atom. The van der Waals surface area contributed by atoms with E-state index < -0.39 is 5.97 Å². The van der Waals surface area contributed by atoms with Crippen molar-refractivity contribution in [3.63, 3.8) is 0 Å². The van der Waals surface area contributed by atoms with Gasteiger partial charge in [0.05, 0.1) is 5.56 Å². The Balaban J connectivity index is 1.63. The molecule has 0 aromatic heterocycles. The van der Waals surface area contributed by atoms with Crippen molar-refractivity contribution in [2.75, 3.05) is 25.0 Å². The molecule has 0 aliphatic carbocycles. The summed E-state index contributed by atoms with van der Waals surface area (Å²) in [7, 11) is 0. The van der Waals surface area contributed by atoms with Crippen LogP contribution in [0.5, 0.6) is 0 Å². The molecule has 5 nitrogen and oxygen atoms in total. The van der Waals surface area contributed by atoms with Crippen LogP contribution in [0.3, 0.4) is 0 Å². The van der Waals surface area contributed by atoms with Crippen molar-refractivity contribution >= 4 is 17.6 Å². The number of rotatable bonds is 6. The molecular weight excluding hydrogens is 316 g/mol. The normalized spacial score (nSPS) is 14.4. The van der Waals surface area contributed by atoms with E-state index >= 15 is 0 Å². The molecule has 3 rings (SSSR count). The highest BCUT2D eigenvalue weighted by atomic mass is 16.4. The quantitative estimate of drug-likeness (QED) is 0.848. The van der Waals surface area contributed by atoms with E-state index in [1.807, 2.05) is 18.2 Å². The molecule has 1 heterocycles. The third-order valence-electron chi connectivity index (χ3n) is 4.47. The third kappa shape index (κ3) is 4.67. The van der Waals surface area contributed by atoms with Crippen molar-refractivity contribution in [1.29, 1.82) is 0 Å². The number of benzene rings is 2. The van der Waals surface area contributed by atoms with Crippen LogP contribution in [0.25, 0.3) is 0 Å². The number of amides is 1. The summed E-state index contributed by atoms with van der Waals surface area (Å²) >= 11 is 0. The minimum Gasteiger partial charge on any atom is -0.478 e. The zero-order chi connectivity index (χ0) is 17.6. The lowest BCUT2D eigenvalue weighted by Gasteiger charge is -2.14. The van der Waals surface area contributed by atoms with E-state index in [1.54, 1.807) is 12.1 Å². The van der Waals surface area contributed by atoms with Crippen LogP contribution in [0.4, 0.5) is 5.69 Å². The van der Waals surface area contributed by atoms with Gasteiger partial charge >= 0.3 is 5.97 Å². The van der Waals surface area contributed by atoms with Crippen molar-refractivity contribution in [1.82, 2.24) is 4.90 Å². The van der Waals surface area contributed by atoms with Crippen molar-refractivity contribution in [2.45, 2.75) is 19.3 Å². The summed E-state index contributed by atoms with van der Waals surface area (Å²) in [6.07, 6.45) is 3.52. The SMILES string of the molecule is O=C(O)c1cccc(C(=O)Nc2cccc(CCN3CCCC3)c2)c1. The maximum Gasteiger partial charge on any atom is 0.335 e. The van der Waals surface area contributed by atoms with Crippen LogP contribution in [-0.2, 0) is 6.42 Å². The summed E-state index contributed by atoms with van der Waals surface area (Å²) in [5.74, 6) is -1.35. The third-order valence-corrected chi connectivity index (χ3v) is 4.47. The monoisotopic (exact) mass is 338 g/mol. The Hall–Kier alpha value is -2.66. The van der Waals surface area contributed by atoms with Gasteiger partial charge in [0.15, 0.2) is 0 Å². The van der Waals surface area contributed by atoms with Crippen LogP contribution in [0, 0.1) is 0 Å². The van der Waals surface area contributed by atoms with Crippen LogP contribution in [0.2, 0.25) is 0 Å². The second-order valence-electron chi connectivity index (χ2n) is 6.34. The number of hydrogen-bond acceptors (Lipinski definition) is 3. The molecule has 2 N–H and O–H groups in total. The van der Waals surface area contributed by atoms with E-state index in [9.17, 15) is 9.59 Å². The summed E-state index contributed by atoms with van der Waals surface area (Å²) in [5, 5.41) is 11.9. The first-order valence-corrected chi connectivity index (χ1v) is 8.58. The van der Waals surface area contributed by atoms with Crippen molar-refractivity contribution in [2.24, 2.45) is 0 Å². The molecule has 1 saturated heterocycles. The first-order valence-electron chi connectivity index (χ1n) is 8.58. The molecule has 0 atom stereocenters. The van der Waals surface area contributed by atoms with E-state index in [0.29, 0.717) is 5.56 Å². The highest BCUT2D eigenvalue weighted by Gasteiger charge is 2.12. The lowest BCUT2D eigenvalue weighted by atomic mass is 10.1. The Bertz CT molecular complexity index is 767. The molecule has 25 heavy (non-hydrogen) atoms. The molecule has 5 heteroatoms. The molecule has 0 saturated carbocycles. The van der Waals surface area contributed by atoms with Gasteiger partial charge in [-0.25, -0.2) is 4.79 Å². The minimum absolute atomic E-state index is 0.104. The Labute approximate surface area is 147 Å². The van der Waals surface area contributed by atoms with Crippen molar-refractivity contribution < 1.29 is 14.7 Å². The largest absolute Gasteiger partial charge is 0.478 e. The van der Waals surface area contributed by atoms with Crippen LogP contribution in [-0.4, -0.2) is 41.5 Å². The summed E-state index contributed by atoms with van der Waals surface area (Å²) < 4.78 is 0. The van der Waals surface area contributed by atoms with Gasteiger partial charge in [0.2, 0.25) is 0 Å². The fourth-order valence-electron chi connectivity index (χ4n) is 3.09. The summed E-state index contributed by atoms with van der Waals surface area (Å²) in [4.78, 5) is 25.8. The summed E-state index contributed by atoms with van der Waals surface area (Å²) in [6, 6.07) is 13.9. The van der Waals surface area contributed by atoms with Crippen molar-refractivity contribution in [3.05, 3.63) is 65.2 Å². The molecule has 0 unspecified atom stereocenters. The lowest BCUT2D eigenvalue weighted by molar-refractivity contribution is 0.0697. The number of carbonyl (C=O) groups is 2. The minimum atomic E-state index is -1.04. The average Bonchev–Trinajstić information content (AvgIpc) is 3.14. The Kier molecular flexibility index (Phi) is 5.46. The molecular formula is C20H22N2O3. The number of likely N-dealkylation sites (tertiary alicyclic amines) is 1. The van der Waals surface area contributed by atoms with Crippen LogP contribution in [0.15, 0.2) is 48.5 Å².